The predicted molar refractivity (Wildman–Crippen MR) is 100 cm³/mol. The largest absolute Gasteiger partial charge is 0.343 e. The van der Waals surface area contributed by atoms with Crippen molar-refractivity contribution in [3.8, 4) is 0 Å². The number of nitrogens with zero attached hydrogens (tertiary/aromatic N) is 8. The van der Waals surface area contributed by atoms with E-state index in [0.29, 0.717) is 6.54 Å². The van der Waals surface area contributed by atoms with E-state index >= 15 is 0 Å². The average molecular weight is 340 g/mol. The molecule has 25 heavy (non-hydrogen) atoms. The van der Waals surface area contributed by atoms with E-state index in [2.05, 4.69) is 48.9 Å². The number of aliphatic imine (C=N–C) groups is 1. The lowest BCUT2D eigenvalue weighted by Gasteiger charge is -2.19. The van der Waals surface area contributed by atoms with E-state index in [1.54, 1.807) is 6.20 Å². The Bertz CT molecular complexity index is 731. The first-order chi connectivity index (χ1) is 12.1. The molecule has 0 fully saturated rings. The Morgan fingerprint density at radius 3 is 2.56 bits per heavy atom. The summed E-state index contributed by atoms with van der Waals surface area (Å²) in [6.07, 6.45) is 13.2. The van der Waals surface area contributed by atoms with E-state index in [0.717, 1.165) is 36.8 Å². The first-order valence-electron chi connectivity index (χ1n) is 8.26. The molecule has 8 heteroatoms. The van der Waals surface area contributed by atoms with Crippen molar-refractivity contribution >= 4 is 17.9 Å². The molecule has 3 heterocycles. The zero-order valence-electron chi connectivity index (χ0n) is 14.9. The van der Waals surface area contributed by atoms with Gasteiger partial charge in [0.25, 0.3) is 0 Å². The van der Waals surface area contributed by atoms with Crippen molar-refractivity contribution in [1.82, 2.24) is 24.6 Å². The molecule has 0 saturated heterocycles. The van der Waals surface area contributed by atoms with Crippen molar-refractivity contribution < 1.29 is 0 Å². The fourth-order valence-corrected chi connectivity index (χ4v) is 2.42. The van der Waals surface area contributed by atoms with Crippen LogP contribution in [0.4, 0.5) is 11.6 Å². The lowest BCUT2D eigenvalue weighted by molar-refractivity contribution is 0.415. The van der Waals surface area contributed by atoms with Crippen LogP contribution in [0.25, 0.3) is 0 Å². The molecule has 0 bridgehead atoms. The topological polar surface area (TPSA) is 65.7 Å². The van der Waals surface area contributed by atoms with Crippen LogP contribution in [0.2, 0.25) is 0 Å². The SMILES string of the molecule is CN(C)CCN(C)c1ncc(Cn2cc(N3C=CN=CC3)cn2)cn1. The van der Waals surface area contributed by atoms with E-state index < -0.39 is 0 Å². The number of hydrogen-bond acceptors (Lipinski definition) is 7. The maximum atomic E-state index is 4.47. The van der Waals surface area contributed by atoms with Gasteiger partial charge in [-0.15, -0.1) is 0 Å². The van der Waals surface area contributed by atoms with Crippen molar-refractivity contribution in [3.63, 3.8) is 0 Å². The third-order valence-corrected chi connectivity index (χ3v) is 3.93. The highest BCUT2D eigenvalue weighted by molar-refractivity contribution is 5.69. The molecule has 3 rings (SSSR count). The van der Waals surface area contributed by atoms with E-state index in [1.165, 1.54) is 0 Å². The summed E-state index contributed by atoms with van der Waals surface area (Å²) < 4.78 is 1.89. The quantitative estimate of drug-likeness (QED) is 0.751. The van der Waals surface area contributed by atoms with Gasteiger partial charge in [-0.05, 0) is 14.1 Å². The van der Waals surface area contributed by atoms with Gasteiger partial charge in [0.15, 0.2) is 0 Å². The first-order valence-corrected chi connectivity index (χ1v) is 8.26. The number of aromatic nitrogens is 4. The van der Waals surface area contributed by atoms with Gasteiger partial charge in [-0.3, -0.25) is 9.67 Å². The summed E-state index contributed by atoms with van der Waals surface area (Å²) >= 11 is 0. The molecule has 132 valence electrons. The Morgan fingerprint density at radius 2 is 1.88 bits per heavy atom. The standard InChI is InChI=1S/C17H24N8/c1-22(2)8-9-23(3)17-19-10-15(11-20-17)13-25-14-16(12-21-25)24-6-4-18-5-7-24/h4-6,10-12,14H,7-9,13H2,1-3H3. The highest BCUT2D eigenvalue weighted by Crippen LogP contribution is 2.15. The number of hydrogen-bond donors (Lipinski definition) is 0. The summed E-state index contributed by atoms with van der Waals surface area (Å²) in [5.41, 5.74) is 2.07. The molecule has 1 aliphatic rings. The maximum Gasteiger partial charge on any atom is 0.225 e. The van der Waals surface area contributed by atoms with Gasteiger partial charge < -0.3 is 14.7 Å². The second kappa shape index (κ2) is 7.89. The minimum Gasteiger partial charge on any atom is -0.343 e. The second-order valence-electron chi connectivity index (χ2n) is 6.29. The first kappa shape index (κ1) is 17.1. The van der Waals surface area contributed by atoms with Gasteiger partial charge in [-0.1, -0.05) is 0 Å². The molecular weight excluding hydrogens is 316 g/mol. The molecular formula is C17H24N8. The molecule has 0 saturated carbocycles. The maximum absolute atomic E-state index is 4.47. The number of likely N-dealkylation sites (N-methyl/N-ethyl adjacent to an activating group) is 2. The lowest BCUT2D eigenvalue weighted by atomic mass is 10.3. The monoisotopic (exact) mass is 340 g/mol. The smallest absolute Gasteiger partial charge is 0.225 e. The molecule has 2 aromatic heterocycles. The fourth-order valence-electron chi connectivity index (χ4n) is 2.42. The molecule has 2 aromatic rings. The Morgan fingerprint density at radius 1 is 1.08 bits per heavy atom. The fraction of sp³-hybridized carbons (Fsp3) is 0.412. The normalized spacial score (nSPS) is 13.7. The molecule has 0 unspecified atom stereocenters. The van der Waals surface area contributed by atoms with Crippen LogP contribution in [0.3, 0.4) is 0 Å². The third kappa shape index (κ3) is 4.63. The average Bonchev–Trinajstić information content (AvgIpc) is 3.09. The molecule has 0 aromatic carbocycles. The Kier molecular flexibility index (Phi) is 5.39. The molecule has 1 aliphatic heterocycles. The van der Waals surface area contributed by atoms with Crippen molar-refractivity contribution in [2.75, 3.05) is 50.6 Å². The van der Waals surface area contributed by atoms with Crippen LogP contribution in [0.1, 0.15) is 5.56 Å². The van der Waals surface area contributed by atoms with Crippen LogP contribution < -0.4 is 9.80 Å². The van der Waals surface area contributed by atoms with E-state index in [4.69, 9.17) is 0 Å². The molecule has 0 radical (unpaired) electrons. The Balaban J connectivity index is 1.59. The minimum atomic E-state index is 0.646. The lowest BCUT2D eigenvalue weighted by Crippen LogP contribution is -2.29. The van der Waals surface area contributed by atoms with Crippen LogP contribution in [-0.4, -0.2) is 71.6 Å². The highest BCUT2D eigenvalue weighted by Gasteiger charge is 2.08. The van der Waals surface area contributed by atoms with Gasteiger partial charge in [-0.25, -0.2) is 9.97 Å². The molecule has 0 N–H and O–H groups in total. The minimum absolute atomic E-state index is 0.646. The summed E-state index contributed by atoms with van der Waals surface area (Å²) in [7, 11) is 6.12. The predicted octanol–water partition coefficient (Wildman–Crippen LogP) is 1.08. The van der Waals surface area contributed by atoms with Crippen LogP contribution in [0.15, 0.2) is 42.2 Å². The molecule has 0 atom stereocenters. The number of anilines is 2. The van der Waals surface area contributed by atoms with Crippen LogP contribution in [0, 0.1) is 0 Å². The van der Waals surface area contributed by atoms with Crippen LogP contribution >= 0.6 is 0 Å². The number of rotatable bonds is 7. The van der Waals surface area contributed by atoms with E-state index in [1.807, 2.05) is 48.9 Å². The molecule has 8 nitrogen and oxygen atoms in total. The van der Waals surface area contributed by atoms with Crippen LogP contribution in [0.5, 0.6) is 0 Å². The zero-order chi connectivity index (χ0) is 17.6. The third-order valence-electron chi connectivity index (χ3n) is 3.93. The highest BCUT2D eigenvalue weighted by atomic mass is 15.3. The van der Waals surface area contributed by atoms with Gasteiger partial charge >= 0.3 is 0 Å². The van der Waals surface area contributed by atoms with Crippen molar-refractivity contribution in [2.45, 2.75) is 6.54 Å². The van der Waals surface area contributed by atoms with Gasteiger partial charge in [0.2, 0.25) is 5.95 Å². The summed E-state index contributed by atoms with van der Waals surface area (Å²) in [4.78, 5) is 19.3. The molecule has 0 amide bonds. The molecule has 0 aliphatic carbocycles. The van der Waals surface area contributed by atoms with Crippen molar-refractivity contribution in [3.05, 3.63) is 42.8 Å². The van der Waals surface area contributed by atoms with Gasteiger partial charge in [0.05, 0.1) is 25.0 Å². The Hall–Kier alpha value is -2.74. The summed E-state index contributed by atoms with van der Waals surface area (Å²) in [6, 6.07) is 0. The Labute approximate surface area is 148 Å². The zero-order valence-corrected chi connectivity index (χ0v) is 14.9. The van der Waals surface area contributed by atoms with Gasteiger partial charge in [-0.2, -0.15) is 5.10 Å². The molecule has 0 spiro atoms. The second-order valence-corrected chi connectivity index (χ2v) is 6.29. The van der Waals surface area contributed by atoms with E-state index in [9.17, 15) is 0 Å². The van der Waals surface area contributed by atoms with Crippen LogP contribution in [-0.2, 0) is 6.54 Å². The summed E-state index contributed by atoms with van der Waals surface area (Å²) in [5.74, 6) is 0.740. The summed E-state index contributed by atoms with van der Waals surface area (Å²) in [5, 5.41) is 4.42. The van der Waals surface area contributed by atoms with Gasteiger partial charge in [0.1, 0.15) is 0 Å². The van der Waals surface area contributed by atoms with Crippen molar-refractivity contribution in [2.24, 2.45) is 4.99 Å². The van der Waals surface area contributed by atoms with Gasteiger partial charge in [0, 0.05) is 62.9 Å². The van der Waals surface area contributed by atoms with Crippen molar-refractivity contribution in [1.29, 1.82) is 0 Å². The van der Waals surface area contributed by atoms with E-state index in [-0.39, 0.29) is 0 Å². The summed E-state index contributed by atoms with van der Waals surface area (Å²) in [6.45, 7) is 3.27.